The van der Waals surface area contributed by atoms with E-state index in [1.54, 1.807) is 0 Å². The van der Waals surface area contributed by atoms with E-state index in [2.05, 4.69) is 43.0 Å². The van der Waals surface area contributed by atoms with Gasteiger partial charge in [-0.1, -0.05) is 19.1 Å². The zero-order valence-electron chi connectivity index (χ0n) is 10.2. The van der Waals surface area contributed by atoms with Gasteiger partial charge >= 0.3 is 0 Å². The summed E-state index contributed by atoms with van der Waals surface area (Å²) < 4.78 is 0. The molecule has 0 amide bonds. The van der Waals surface area contributed by atoms with Crippen molar-refractivity contribution in [2.75, 3.05) is 24.6 Å². The van der Waals surface area contributed by atoms with Crippen LogP contribution >= 0.6 is 0 Å². The molecule has 0 saturated heterocycles. The highest BCUT2D eigenvalue weighted by Gasteiger charge is 2.08. The number of anilines is 1. The zero-order chi connectivity index (χ0) is 12.0. The largest absolute Gasteiger partial charge is 0.396 e. The van der Waals surface area contributed by atoms with Crippen molar-refractivity contribution in [3.63, 3.8) is 0 Å². The van der Waals surface area contributed by atoms with E-state index in [-0.39, 0.29) is 6.61 Å². The average molecular weight is 222 g/mol. The van der Waals surface area contributed by atoms with Gasteiger partial charge in [-0.3, -0.25) is 0 Å². The first-order valence-electron chi connectivity index (χ1n) is 5.86. The van der Waals surface area contributed by atoms with E-state index >= 15 is 0 Å². The number of nitrogens with zero attached hydrogens (tertiary/aromatic N) is 1. The van der Waals surface area contributed by atoms with Gasteiger partial charge in [0.05, 0.1) is 0 Å². The molecule has 0 fully saturated rings. The highest BCUT2D eigenvalue weighted by atomic mass is 16.3. The second kappa shape index (κ2) is 6.51. The van der Waals surface area contributed by atoms with Crippen LogP contribution in [0.3, 0.4) is 0 Å². The molecule has 0 spiro atoms. The fourth-order valence-electron chi connectivity index (χ4n) is 1.69. The Morgan fingerprint density at radius 3 is 2.38 bits per heavy atom. The number of benzene rings is 1. The molecule has 1 rings (SSSR count). The van der Waals surface area contributed by atoms with Gasteiger partial charge in [-0.25, -0.2) is 0 Å². The first-order chi connectivity index (χ1) is 7.71. The molecule has 0 saturated carbocycles. The lowest BCUT2D eigenvalue weighted by Gasteiger charge is -2.26. The van der Waals surface area contributed by atoms with Crippen LogP contribution in [-0.2, 0) is 6.54 Å². The summed E-state index contributed by atoms with van der Waals surface area (Å²) in [6, 6.07) is 8.30. The molecule has 3 N–H and O–H groups in total. The van der Waals surface area contributed by atoms with Gasteiger partial charge < -0.3 is 15.7 Å². The number of aliphatic hydroxyl groups excluding tert-OH is 1. The molecule has 1 aromatic carbocycles. The lowest BCUT2D eigenvalue weighted by molar-refractivity contribution is 0.239. The van der Waals surface area contributed by atoms with E-state index in [1.807, 2.05) is 0 Å². The lowest BCUT2D eigenvalue weighted by atomic mass is 10.1. The van der Waals surface area contributed by atoms with Crippen LogP contribution in [-0.4, -0.2) is 24.8 Å². The van der Waals surface area contributed by atoms with E-state index in [1.165, 1.54) is 5.69 Å². The van der Waals surface area contributed by atoms with Crippen molar-refractivity contribution in [2.24, 2.45) is 11.7 Å². The van der Waals surface area contributed by atoms with E-state index in [9.17, 15) is 0 Å². The van der Waals surface area contributed by atoms with Crippen LogP contribution in [0.5, 0.6) is 0 Å². The highest BCUT2D eigenvalue weighted by Crippen LogP contribution is 2.16. The minimum Gasteiger partial charge on any atom is -0.396 e. The molecular weight excluding hydrogens is 200 g/mol. The summed E-state index contributed by atoms with van der Waals surface area (Å²) in [7, 11) is 0. The second-order valence-electron chi connectivity index (χ2n) is 4.20. The molecule has 0 aliphatic rings. The summed E-state index contributed by atoms with van der Waals surface area (Å²) in [6.07, 6.45) is 0. The van der Waals surface area contributed by atoms with E-state index < -0.39 is 0 Å². The first kappa shape index (κ1) is 13.0. The molecule has 0 aliphatic carbocycles. The molecule has 16 heavy (non-hydrogen) atoms. The summed E-state index contributed by atoms with van der Waals surface area (Å²) in [5.74, 6) is 0.300. The van der Waals surface area contributed by atoms with Crippen LogP contribution in [0.1, 0.15) is 19.4 Å². The van der Waals surface area contributed by atoms with Crippen molar-refractivity contribution in [1.82, 2.24) is 0 Å². The molecule has 0 heterocycles. The summed E-state index contributed by atoms with van der Waals surface area (Å²) in [5.41, 5.74) is 7.91. The Bertz CT molecular complexity index is 297. The van der Waals surface area contributed by atoms with E-state index in [0.717, 1.165) is 18.7 Å². The van der Waals surface area contributed by atoms with E-state index in [0.29, 0.717) is 12.5 Å². The number of hydrogen-bond donors (Lipinski definition) is 2. The molecule has 0 bridgehead atoms. The fraction of sp³-hybridized carbons (Fsp3) is 0.538. The maximum absolute atomic E-state index is 9.07. The Labute approximate surface area is 97.9 Å². The number of nitrogens with two attached hydrogens (primary N) is 1. The van der Waals surface area contributed by atoms with Gasteiger partial charge in [-0.2, -0.15) is 0 Å². The van der Waals surface area contributed by atoms with Gasteiger partial charge in [0.2, 0.25) is 0 Å². The fourth-order valence-corrected chi connectivity index (χ4v) is 1.69. The molecule has 0 aromatic heterocycles. The molecule has 3 nitrogen and oxygen atoms in total. The van der Waals surface area contributed by atoms with Crippen molar-refractivity contribution >= 4 is 5.69 Å². The Hall–Kier alpha value is -1.06. The number of hydrogen-bond acceptors (Lipinski definition) is 3. The molecule has 1 unspecified atom stereocenters. The average Bonchev–Trinajstić information content (AvgIpc) is 2.35. The van der Waals surface area contributed by atoms with Crippen molar-refractivity contribution < 1.29 is 5.11 Å². The van der Waals surface area contributed by atoms with Crippen LogP contribution in [0.15, 0.2) is 24.3 Å². The molecule has 0 radical (unpaired) electrons. The molecule has 90 valence electrons. The summed E-state index contributed by atoms with van der Waals surface area (Å²) in [4.78, 5) is 2.27. The van der Waals surface area contributed by atoms with Gasteiger partial charge in [0, 0.05) is 31.9 Å². The van der Waals surface area contributed by atoms with Gasteiger partial charge in [-0.15, -0.1) is 0 Å². The number of rotatable bonds is 6. The number of aliphatic hydroxyl groups is 1. The van der Waals surface area contributed by atoms with Gasteiger partial charge in [-0.05, 0) is 30.5 Å². The minimum atomic E-state index is 0.234. The molecule has 3 heteroatoms. The molecular formula is C13H22N2O. The lowest BCUT2D eigenvalue weighted by Crippen LogP contribution is -2.29. The first-order valence-corrected chi connectivity index (χ1v) is 5.86. The van der Waals surface area contributed by atoms with Crippen molar-refractivity contribution in [3.8, 4) is 0 Å². The summed E-state index contributed by atoms with van der Waals surface area (Å²) in [5, 5.41) is 9.07. The third kappa shape index (κ3) is 3.51. The van der Waals surface area contributed by atoms with Crippen LogP contribution in [0.2, 0.25) is 0 Å². The maximum atomic E-state index is 9.07. The topological polar surface area (TPSA) is 49.5 Å². The third-order valence-electron chi connectivity index (χ3n) is 2.76. The zero-order valence-corrected chi connectivity index (χ0v) is 10.2. The standard InChI is InChI=1S/C13H22N2O/c1-3-15(9-11(2)10-16)13-6-4-12(8-14)5-7-13/h4-7,11,16H,3,8-10,14H2,1-2H3. The maximum Gasteiger partial charge on any atom is 0.0473 e. The Kier molecular flexibility index (Phi) is 5.29. The van der Waals surface area contributed by atoms with Gasteiger partial charge in [0.1, 0.15) is 0 Å². The SMILES string of the molecule is CCN(CC(C)CO)c1ccc(CN)cc1. The Morgan fingerprint density at radius 1 is 1.31 bits per heavy atom. The van der Waals surface area contributed by atoms with Crippen LogP contribution in [0.25, 0.3) is 0 Å². The monoisotopic (exact) mass is 222 g/mol. The Balaban J connectivity index is 2.70. The van der Waals surface area contributed by atoms with Crippen molar-refractivity contribution in [2.45, 2.75) is 20.4 Å². The van der Waals surface area contributed by atoms with Crippen LogP contribution in [0.4, 0.5) is 5.69 Å². The molecule has 0 aliphatic heterocycles. The second-order valence-corrected chi connectivity index (χ2v) is 4.20. The minimum absolute atomic E-state index is 0.234. The predicted octanol–water partition coefficient (Wildman–Crippen LogP) is 1.60. The van der Waals surface area contributed by atoms with E-state index in [4.69, 9.17) is 10.8 Å². The predicted molar refractivity (Wildman–Crippen MR) is 68.5 cm³/mol. The molecule has 1 atom stereocenters. The Morgan fingerprint density at radius 2 is 1.94 bits per heavy atom. The van der Waals surface area contributed by atoms with Gasteiger partial charge in [0.15, 0.2) is 0 Å². The normalized spacial score (nSPS) is 12.5. The third-order valence-corrected chi connectivity index (χ3v) is 2.76. The van der Waals surface area contributed by atoms with Crippen LogP contribution < -0.4 is 10.6 Å². The summed E-state index contributed by atoms with van der Waals surface area (Å²) in [6.45, 7) is 6.83. The quantitative estimate of drug-likeness (QED) is 0.768. The van der Waals surface area contributed by atoms with Crippen molar-refractivity contribution in [3.05, 3.63) is 29.8 Å². The van der Waals surface area contributed by atoms with Crippen LogP contribution in [0, 0.1) is 5.92 Å². The highest BCUT2D eigenvalue weighted by molar-refractivity contribution is 5.47. The summed E-state index contributed by atoms with van der Waals surface area (Å²) >= 11 is 0. The molecule has 1 aromatic rings. The smallest absolute Gasteiger partial charge is 0.0473 e. The van der Waals surface area contributed by atoms with Gasteiger partial charge in [0.25, 0.3) is 0 Å². The van der Waals surface area contributed by atoms with Crippen molar-refractivity contribution in [1.29, 1.82) is 0 Å².